The molecule has 0 aliphatic rings. The first-order valence-electron chi connectivity index (χ1n) is 9.54. The lowest BCUT2D eigenvalue weighted by atomic mass is 10.1. The number of Topliss-reactive ketones (excluding diaryl/α,β-unsaturated/α-hetero) is 1. The van der Waals surface area contributed by atoms with Crippen LogP contribution in [0.2, 0.25) is 0 Å². The Morgan fingerprint density at radius 3 is 1.40 bits per heavy atom. The van der Waals surface area contributed by atoms with Crippen LogP contribution < -0.4 is 10.6 Å². The van der Waals surface area contributed by atoms with E-state index >= 15 is 0 Å². The number of nitrogens with zero attached hydrogens (tertiary/aromatic N) is 3. The van der Waals surface area contributed by atoms with Crippen LogP contribution in [0.1, 0.15) is 61.8 Å². The predicted octanol–water partition coefficient (Wildman–Crippen LogP) is 4.64. The van der Waals surface area contributed by atoms with Gasteiger partial charge in [0.1, 0.15) is 0 Å². The summed E-state index contributed by atoms with van der Waals surface area (Å²) >= 11 is 0. The van der Waals surface area contributed by atoms with Crippen molar-refractivity contribution in [3.63, 3.8) is 0 Å². The van der Waals surface area contributed by atoms with Crippen molar-refractivity contribution in [2.45, 2.75) is 40.3 Å². The average Bonchev–Trinajstić information content (AvgIpc) is 2.80. The number of rotatable bonds is 5. The van der Waals surface area contributed by atoms with Gasteiger partial charge in [-0.1, -0.05) is 19.6 Å². The van der Waals surface area contributed by atoms with Crippen molar-refractivity contribution in [2.24, 2.45) is 0 Å². The zero-order chi connectivity index (χ0) is 21.5. The summed E-state index contributed by atoms with van der Waals surface area (Å²) in [4.78, 5) is 22.4. The maximum atomic E-state index is 10.6. The number of hydrogen-bond acceptors (Lipinski definition) is 6. The summed E-state index contributed by atoms with van der Waals surface area (Å²) in [5.41, 5.74) is 3.12. The topological polar surface area (TPSA) is 79.8 Å². The normalized spacial score (nSPS) is 11.4. The second-order valence-electron chi connectivity index (χ2n) is 6.39. The predicted molar refractivity (Wildman–Crippen MR) is 124 cm³/mol. The molecule has 0 aromatic carbocycles. The molecule has 2 N–H and O–H groups in total. The average molecular weight is 410 g/mol. The summed E-state index contributed by atoms with van der Waals surface area (Å²) in [7, 11) is 3.88. The highest BCUT2D eigenvalue weighted by atomic mass is 16.1. The Balaban J connectivity index is 0.000000414. The van der Waals surface area contributed by atoms with Crippen LogP contribution in [-0.2, 0) is 0 Å². The Morgan fingerprint density at radius 2 is 1.17 bits per heavy atom. The lowest BCUT2D eigenvalue weighted by Crippen LogP contribution is -2.12. The molecule has 0 fully saturated rings. The van der Waals surface area contributed by atoms with Gasteiger partial charge >= 0.3 is 0 Å². The monoisotopic (exact) mass is 409 g/mol. The lowest BCUT2D eigenvalue weighted by Gasteiger charge is -2.08. The maximum absolute atomic E-state index is 10.6. The molecule has 2 atom stereocenters. The summed E-state index contributed by atoms with van der Waals surface area (Å²) in [6, 6.07) is 12.3. The number of pyridine rings is 3. The largest absolute Gasteiger partial charge is 0.313 e. The molecule has 162 valence electrons. The quantitative estimate of drug-likeness (QED) is 0.598. The number of aromatic nitrogens is 3. The van der Waals surface area contributed by atoms with Crippen LogP contribution in [0.5, 0.6) is 0 Å². The number of ketones is 1. The van der Waals surface area contributed by atoms with Crippen LogP contribution in [0.25, 0.3) is 0 Å². The van der Waals surface area contributed by atoms with E-state index in [1.54, 1.807) is 36.9 Å². The van der Waals surface area contributed by atoms with E-state index in [9.17, 15) is 4.79 Å². The number of nitrogens with one attached hydrogen (secondary N) is 2. The van der Waals surface area contributed by atoms with Gasteiger partial charge in [-0.25, -0.2) is 0 Å². The van der Waals surface area contributed by atoms with E-state index in [0.29, 0.717) is 17.6 Å². The smallest absolute Gasteiger partial charge is 0.161 e. The zero-order valence-electron chi connectivity index (χ0n) is 17.8. The van der Waals surface area contributed by atoms with Crippen molar-refractivity contribution in [2.75, 3.05) is 14.1 Å². The molecule has 2 unspecified atom stereocenters. The van der Waals surface area contributed by atoms with E-state index in [-0.39, 0.29) is 13.2 Å². The molecule has 30 heavy (non-hydrogen) atoms. The minimum Gasteiger partial charge on any atom is -0.313 e. The Kier molecular flexibility index (Phi) is 14.3. The van der Waals surface area contributed by atoms with Crippen molar-refractivity contribution in [3.05, 3.63) is 90.3 Å². The van der Waals surface area contributed by atoms with Crippen LogP contribution in [0.15, 0.2) is 73.6 Å². The molecular formula is C24H35N5O. The first-order chi connectivity index (χ1) is 14.0. The lowest BCUT2D eigenvalue weighted by molar-refractivity contribution is 0.101. The van der Waals surface area contributed by atoms with E-state index in [2.05, 4.69) is 51.6 Å². The number of carbonyl (C=O) groups excluding carboxylic acids is 1. The number of hydrogen-bond donors (Lipinski definition) is 2. The molecule has 0 radical (unpaired) electrons. The van der Waals surface area contributed by atoms with Crippen molar-refractivity contribution in [1.29, 1.82) is 0 Å². The Labute approximate surface area is 181 Å². The summed E-state index contributed by atoms with van der Waals surface area (Å²) in [5, 5.41) is 6.28. The first kappa shape index (κ1) is 27.0. The summed E-state index contributed by atoms with van der Waals surface area (Å²) in [6.45, 7) is 5.74. The molecule has 0 spiro atoms. The molecular weight excluding hydrogens is 374 g/mol. The molecule has 0 saturated heterocycles. The van der Waals surface area contributed by atoms with Crippen LogP contribution in [0.3, 0.4) is 0 Å². The number of carbonyl (C=O) groups is 1. The minimum atomic E-state index is 0. The fourth-order valence-electron chi connectivity index (χ4n) is 2.17. The van der Waals surface area contributed by atoms with Crippen molar-refractivity contribution < 1.29 is 4.79 Å². The fraction of sp³-hybridized carbons (Fsp3) is 0.333. The molecule has 0 saturated carbocycles. The maximum Gasteiger partial charge on any atom is 0.161 e. The summed E-state index contributed by atoms with van der Waals surface area (Å²) in [6.07, 6.45) is 10.5. The molecule has 0 aliphatic heterocycles. The Hall–Kier alpha value is -2.96. The molecule has 3 rings (SSSR count). The SMILES string of the molecule is C.CC(=O)c1cccnc1.CNC(C)c1cccnc1.CNC(C)c1cccnc1. The van der Waals surface area contributed by atoms with Crippen molar-refractivity contribution >= 4 is 5.78 Å². The van der Waals surface area contributed by atoms with Gasteiger partial charge in [0.2, 0.25) is 0 Å². The van der Waals surface area contributed by atoms with Gasteiger partial charge in [-0.3, -0.25) is 19.7 Å². The van der Waals surface area contributed by atoms with E-state index in [1.807, 2.05) is 38.6 Å². The standard InChI is InChI=1S/2C8H12N2.C7H7NO.CH4/c2*1-7(9-2)8-4-3-5-10-6-8;1-6(9)7-3-2-4-8-5-7;/h2*3-7,9H,1-2H3;2-5H,1H3;1H4. The highest BCUT2D eigenvalue weighted by Crippen LogP contribution is 2.08. The van der Waals surface area contributed by atoms with Gasteiger partial charge < -0.3 is 10.6 Å². The molecule has 0 aliphatic carbocycles. The Morgan fingerprint density at radius 1 is 0.767 bits per heavy atom. The van der Waals surface area contributed by atoms with E-state index in [0.717, 1.165) is 0 Å². The molecule has 0 bridgehead atoms. The summed E-state index contributed by atoms with van der Waals surface area (Å²) < 4.78 is 0. The third-order valence-corrected chi connectivity index (χ3v) is 4.30. The third kappa shape index (κ3) is 10.5. The van der Waals surface area contributed by atoms with Crippen LogP contribution in [-0.4, -0.2) is 34.8 Å². The van der Waals surface area contributed by atoms with Crippen molar-refractivity contribution in [1.82, 2.24) is 25.6 Å². The highest BCUT2D eigenvalue weighted by Gasteiger charge is 1.99. The van der Waals surface area contributed by atoms with Gasteiger partial charge in [0.05, 0.1) is 0 Å². The zero-order valence-corrected chi connectivity index (χ0v) is 17.8. The van der Waals surface area contributed by atoms with Crippen LogP contribution in [0, 0.1) is 0 Å². The minimum absolute atomic E-state index is 0. The second-order valence-corrected chi connectivity index (χ2v) is 6.39. The first-order valence-corrected chi connectivity index (χ1v) is 9.54. The molecule has 0 amide bonds. The van der Waals surface area contributed by atoms with Crippen LogP contribution >= 0.6 is 0 Å². The molecule has 3 aromatic rings. The van der Waals surface area contributed by atoms with Gasteiger partial charge in [-0.15, -0.1) is 0 Å². The Bertz CT molecular complexity index is 752. The molecule has 6 nitrogen and oxygen atoms in total. The summed E-state index contributed by atoms with van der Waals surface area (Å²) in [5.74, 6) is 0.0584. The van der Waals surface area contributed by atoms with Gasteiger partial charge in [-0.05, 0) is 70.3 Å². The third-order valence-electron chi connectivity index (χ3n) is 4.30. The fourth-order valence-corrected chi connectivity index (χ4v) is 2.17. The molecule has 6 heteroatoms. The van der Waals surface area contributed by atoms with Crippen molar-refractivity contribution in [3.8, 4) is 0 Å². The van der Waals surface area contributed by atoms with E-state index < -0.39 is 0 Å². The van der Waals surface area contributed by atoms with Gasteiger partial charge in [0, 0.05) is 54.8 Å². The van der Waals surface area contributed by atoms with Gasteiger partial charge in [0.25, 0.3) is 0 Å². The molecule has 3 heterocycles. The highest BCUT2D eigenvalue weighted by molar-refractivity contribution is 5.93. The van der Waals surface area contributed by atoms with Crippen LogP contribution in [0.4, 0.5) is 0 Å². The molecule has 3 aromatic heterocycles. The van der Waals surface area contributed by atoms with Gasteiger partial charge in [0.15, 0.2) is 5.78 Å². The second kappa shape index (κ2) is 15.9. The van der Waals surface area contributed by atoms with E-state index in [1.165, 1.54) is 18.1 Å². The van der Waals surface area contributed by atoms with E-state index in [4.69, 9.17) is 0 Å². The van der Waals surface area contributed by atoms with Gasteiger partial charge in [-0.2, -0.15) is 0 Å².